The molecule has 0 aliphatic heterocycles. The van der Waals surface area contributed by atoms with Crippen LogP contribution >= 0.6 is 0 Å². The van der Waals surface area contributed by atoms with Gasteiger partial charge >= 0.3 is 6.09 Å². The lowest BCUT2D eigenvalue weighted by Crippen LogP contribution is -2.42. The van der Waals surface area contributed by atoms with Crippen LogP contribution < -0.4 is 15.8 Å². The third-order valence-corrected chi connectivity index (χ3v) is 3.93. The van der Waals surface area contributed by atoms with E-state index in [-0.39, 0.29) is 23.7 Å². The molecule has 2 heterocycles. The predicted molar refractivity (Wildman–Crippen MR) is 86.8 cm³/mol. The molecule has 1 amide bonds. The fraction of sp³-hybridized carbons (Fsp3) is 0.438. The van der Waals surface area contributed by atoms with Gasteiger partial charge in [-0.25, -0.2) is 23.5 Å². The molecule has 3 rings (SSSR count). The number of carbonyl (C=O) groups excluding carboxylic acids is 1. The molecule has 9 heteroatoms. The van der Waals surface area contributed by atoms with Crippen LogP contribution in [0.3, 0.4) is 0 Å². The first-order valence-corrected chi connectivity index (χ1v) is 7.90. The maximum Gasteiger partial charge on any atom is 0.404 e. The lowest BCUT2D eigenvalue weighted by Gasteiger charge is -2.34. The fourth-order valence-corrected chi connectivity index (χ4v) is 2.73. The summed E-state index contributed by atoms with van der Waals surface area (Å²) in [5.41, 5.74) is 4.63. The SMILES string of the molecule is CCOc1nc(C(F)F)cc2cnc(NC3CC(OC(N)=O)C3)cc12. The second kappa shape index (κ2) is 7.04. The maximum absolute atomic E-state index is 13.0. The number of nitrogens with zero attached hydrogens (tertiary/aromatic N) is 2. The molecule has 1 aliphatic rings. The van der Waals surface area contributed by atoms with E-state index in [1.165, 1.54) is 12.3 Å². The first-order valence-electron chi connectivity index (χ1n) is 7.90. The van der Waals surface area contributed by atoms with Crippen molar-refractivity contribution in [1.82, 2.24) is 9.97 Å². The molecule has 0 saturated heterocycles. The zero-order valence-corrected chi connectivity index (χ0v) is 13.5. The Hall–Kier alpha value is -2.71. The number of nitrogens with one attached hydrogen (secondary N) is 1. The van der Waals surface area contributed by atoms with E-state index in [9.17, 15) is 13.6 Å². The highest BCUT2D eigenvalue weighted by molar-refractivity contribution is 5.88. The van der Waals surface area contributed by atoms with Gasteiger partial charge in [0.15, 0.2) is 0 Å². The molecule has 1 aliphatic carbocycles. The largest absolute Gasteiger partial charge is 0.478 e. The summed E-state index contributed by atoms with van der Waals surface area (Å²) in [4.78, 5) is 18.8. The highest BCUT2D eigenvalue weighted by atomic mass is 19.3. The molecule has 0 radical (unpaired) electrons. The number of fused-ring (bicyclic) bond motifs is 1. The minimum absolute atomic E-state index is 0.0955. The Bertz CT molecular complexity index is 781. The molecule has 134 valence electrons. The van der Waals surface area contributed by atoms with Crippen LogP contribution in [-0.2, 0) is 4.74 Å². The Balaban J connectivity index is 1.78. The van der Waals surface area contributed by atoms with Crippen molar-refractivity contribution in [2.45, 2.75) is 38.3 Å². The summed E-state index contributed by atoms with van der Waals surface area (Å²) < 4.78 is 36.2. The lowest BCUT2D eigenvalue weighted by atomic mass is 9.89. The number of primary amides is 1. The summed E-state index contributed by atoms with van der Waals surface area (Å²) in [6, 6.07) is 3.11. The number of aromatic nitrogens is 2. The van der Waals surface area contributed by atoms with Gasteiger partial charge in [-0.3, -0.25) is 0 Å². The smallest absolute Gasteiger partial charge is 0.404 e. The highest BCUT2D eigenvalue weighted by Crippen LogP contribution is 2.31. The quantitative estimate of drug-likeness (QED) is 0.829. The van der Waals surface area contributed by atoms with E-state index in [2.05, 4.69) is 15.3 Å². The van der Waals surface area contributed by atoms with Gasteiger partial charge in [0.2, 0.25) is 5.88 Å². The molecule has 0 bridgehead atoms. The van der Waals surface area contributed by atoms with Crippen LogP contribution in [0.15, 0.2) is 18.3 Å². The van der Waals surface area contributed by atoms with Gasteiger partial charge in [-0.05, 0) is 19.1 Å². The van der Waals surface area contributed by atoms with Crippen molar-refractivity contribution in [2.75, 3.05) is 11.9 Å². The number of carbonyl (C=O) groups is 1. The normalized spacial score (nSPS) is 19.5. The molecule has 7 nitrogen and oxygen atoms in total. The number of alkyl halides is 2. The lowest BCUT2D eigenvalue weighted by molar-refractivity contribution is 0.0517. The fourth-order valence-electron chi connectivity index (χ4n) is 2.73. The molecular formula is C16H18F2N4O3. The summed E-state index contributed by atoms with van der Waals surface area (Å²) in [6.07, 6.45) is -0.894. The van der Waals surface area contributed by atoms with Crippen LogP contribution in [0.1, 0.15) is 31.9 Å². The molecule has 25 heavy (non-hydrogen) atoms. The van der Waals surface area contributed by atoms with Gasteiger partial charge in [-0.1, -0.05) is 0 Å². The van der Waals surface area contributed by atoms with Gasteiger partial charge in [-0.2, -0.15) is 0 Å². The van der Waals surface area contributed by atoms with Gasteiger partial charge < -0.3 is 20.5 Å². The number of halogens is 2. The molecule has 0 spiro atoms. The van der Waals surface area contributed by atoms with Gasteiger partial charge in [0, 0.05) is 35.9 Å². The molecule has 0 aromatic carbocycles. The van der Waals surface area contributed by atoms with E-state index in [1.807, 2.05) is 0 Å². The van der Waals surface area contributed by atoms with E-state index >= 15 is 0 Å². The number of amides is 1. The zero-order chi connectivity index (χ0) is 18.0. The Morgan fingerprint density at radius 2 is 2.20 bits per heavy atom. The highest BCUT2D eigenvalue weighted by Gasteiger charge is 2.32. The van der Waals surface area contributed by atoms with Gasteiger partial charge in [0.25, 0.3) is 6.43 Å². The summed E-state index contributed by atoms with van der Waals surface area (Å²) in [7, 11) is 0. The van der Waals surface area contributed by atoms with Crippen LogP contribution in [0.2, 0.25) is 0 Å². The van der Waals surface area contributed by atoms with Crippen molar-refractivity contribution < 1.29 is 23.0 Å². The van der Waals surface area contributed by atoms with Crippen LogP contribution in [0.5, 0.6) is 5.88 Å². The minimum Gasteiger partial charge on any atom is -0.478 e. The number of nitrogens with two attached hydrogens (primary N) is 1. The number of hydrogen-bond acceptors (Lipinski definition) is 6. The molecule has 1 saturated carbocycles. The number of rotatable bonds is 6. The van der Waals surface area contributed by atoms with Crippen LogP contribution in [-0.4, -0.2) is 34.8 Å². The molecular weight excluding hydrogens is 334 g/mol. The second-order valence-electron chi connectivity index (χ2n) is 5.75. The molecule has 2 aromatic rings. The number of hydrogen-bond donors (Lipinski definition) is 2. The molecule has 2 aromatic heterocycles. The van der Waals surface area contributed by atoms with Gasteiger partial charge in [0.05, 0.1) is 6.61 Å². The van der Waals surface area contributed by atoms with E-state index in [0.29, 0.717) is 36.0 Å². The standard InChI is InChI=1S/C16H18F2N4O3/c1-2-24-15-11-6-13(21-9-4-10(5-9)25-16(19)23)20-7-8(11)3-12(22-15)14(17)18/h3,6-7,9-10,14H,2,4-5H2,1H3,(H2,19,23)(H,20,21). The number of anilines is 1. The van der Waals surface area contributed by atoms with Gasteiger partial charge in [0.1, 0.15) is 17.6 Å². The first kappa shape index (κ1) is 17.1. The van der Waals surface area contributed by atoms with Crippen LogP contribution in [0.4, 0.5) is 19.4 Å². The Labute approximate surface area is 142 Å². The molecule has 0 unspecified atom stereocenters. The molecule has 1 fully saturated rings. The van der Waals surface area contributed by atoms with E-state index in [1.54, 1.807) is 13.0 Å². The number of ether oxygens (including phenoxy) is 2. The molecule has 0 atom stereocenters. The van der Waals surface area contributed by atoms with Crippen molar-refractivity contribution in [1.29, 1.82) is 0 Å². The van der Waals surface area contributed by atoms with Crippen molar-refractivity contribution in [3.63, 3.8) is 0 Å². The zero-order valence-electron chi connectivity index (χ0n) is 13.5. The predicted octanol–water partition coefficient (Wildman–Crippen LogP) is 3.00. The maximum atomic E-state index is 13.0. The third kappa shape index (κ3) is 3.86. The topological polar surface area (TPSA) is 99.4 Å². The Morgan fingerprint density at radius 3 is 2.84 bits per heavy atom. The second-order valence-corrected chi connectivity index (χ2v) is 5.75. The van der Waals surface area contributed by atoms with Gasteiger partial charge in [-0.15, -0.1) is 0 Å². The van der Waals surface area contributed by atoms with Crippen LogP contribution in [0, 0.1) is 0 Å². The monoisotopic (exact) mass is 352 g/mol. The first-order chi connectivity index (χ1) is 12.0. The van der Waals surface area contributed by atoms with Crippen molar-refractivity contribution in [2.24, 2.45) is 5.73 Å². The average Bonchev–Trinajstić information content (AvgIpc) is 2.52. The minimum atomic E-state index is -2.68. The van der Waals surface area contributed by atoms with E-state index < -0.39 is 12.5 Å². The Morgan fingerprint density at radius 1 is 1.44 bits per heavy atom. The van der Waals surface area contributed by atoms with Crippen molar-refractivity contribution >= 4 is 22.7 Å². The summed E-state index contributed by atoms with van der Waals surface area (Å²) in [5, 5.41) is 4.34. The summed E-state index contributed by atoms with van der Waals surface area (Å²) >= 11 is 0. The third-order valence-electron chi connectivity index (χ3n) is 3.93. The molecule has 3 N–H and O–H groups in total. The van der Waals surface area contributed by atoms with Crippen LogP contribution in [0.25, 0.3) is 10.8 Å². The van der Waals surface area contributed by atoms with Crippen molar-refractivity contribution in [3.05, 3.63) is 24.0 Å². The average molecular weight is 352 g/mol. The number of pyridine rings is 2. The van der Waals surface area contributed by atoms with E-state index in [4.69, 9.17) is 15.2 Å². The summed E-state index contributed by atoms with van der Waals surface area (Å²) in [6.45, 7) is 2.07. The Kier molecular flexibility index (Phi) is 4.82. The van der Waals surface area contributed by atoms with Crippen molar-refractivity contribution in [3.8, 4) is 5.88 Å². The summed E-state index contributed by atoms with van der Waals surface area (Å²) in [5.74, 6) is 0.729. The van der Waals surface area contributed by atoms with E-state index in [0.717, 1.165) is 0 Å².